The largest absolute Gasteiger partial charge is 0.507 e. The van der Waals surface area contributed by atoms with Crippen LogP contribution in [0, 0.1) is 0 Å². The molecule has 1 aliphatic rings. The van der Waals surface area contributed by atoms with Crippen molar-refractivity contribution in [3.63, 3.8) is 0 Å². The molecule has 94 valence electrons. The second kappa shape index (κ2) is 5.27. The molecule has 0 aromatic heterocycles. The molecule has 4 nitrogen and oxygen atoms in total. The molecule has 0 unspecified atom stereocenters. The van der Waals surface area contributed by atoms with E-state index in [1.165, 1.54) is 12.8 Å². The smallest absolute Gasteiger partial charge is 0.131 e. The zero-order chi connectivity index (χ0) is 12.3. The Hall–Kier alpha value is -1.42. The number of rotatable bonds is 3. The molecule has 0 aliphatic carbocycles. The lowest BCUT2D eigenvalue weighted by atomic mass is 9.96. The first kappa shape index (κ1) is 12.0. The summed E-state index contributed by atoms with van der Waals surface area (Å²) in [5.41, 5.74) is 0.841. The molecular formula is C13H19NO3. The quantitative estimate of drug-likeness (QED) is 0.846. The van der Waals surface area contributed by atoms with Gasteiger partial charge >= 0.3 is 0 Å². The first-order valence-corrected chi connectivity index (χ1v) is 5.94. The SMILES string of the molecule is COc1cc(O)c([C@@H]2CCCCN2)c(OC)c1. The summed E-state index contributed by atoms with van der Waals surface area (Å²) in [5.74, 6) is 1.53. The molecule has 2 rings (SSSR count). The van der Waals surface area contributed by atoms with Gasteiger partial charge in [0.15, 0.2) is 0 Å². The molecule has 0 radical (unpaired) electrons. The van der Waals surface area contributed by atoms with Crippen LogP contribution in [0.5, 0.6) is 17.2 Å². The highest BCUT2D eigenvalue weighted by Crippen LogP contribution is 2.40. The summed E-state index contributed by atoms with van der Waals surface area (Å²) in [6, 6.07) is 3.61. The predicted molar refractivity (Wildman–Crippen MR) is 65.8 cm³/mol. The van der Waals surface area contributed by atoms with Crippen LogP contribution in [-0.2, 0) is 0 Å². The van der Waals surface area contributed by atoms with Gasteiger partial charge in [0.05, 0.1) is 19.8 Å². The lowest BCUT2D eigenvalue weighted by Crippen LogP contribution is -2.27. The van der Waals surface area contributed by atoms with Crippen molar-refractivity contribution in [3.8, 4) is 17.2 Å². The Morgan fingerprint density at radius 3 is 2.65 bits per heavy atom. The van der Waals surface area contributed by atoms with Crippen molar-refractivity contribution >= 4 is 0 Å². The minimum absolute atomic E-state index is 0.171. The van der Waals surface area contributed by atoms with E-state index in [2.05, 4.69) is 5.32 Å². The van der Waals surface area contributed by atoms with Gasteiger partial charge in [0.2, 0.25) is 0 Å². The fourth-order valence-electron chi connectivity index (χ4n) is 2.32. The number of nitrogens with one attached hydrogen (secondary N) is 1. The van der Waals surface area contributed by atoms with Crippen molar-refractivity contribution in [1.29, 1.82) is 0 Å². The molecule has 4 heteroatoms. The van der Waals surface area contributed by atoms with Crippen molar-refractivity contribution in [3.05, 3.63) is 17.7 Å². The second-order valence-corrected chi connectivity index (χ2v) is 4.26. The maximum atomic E-state index is 10.1. The highest BCUT2D eigenvalue weighted by atomic mass is 16.5. The number of phenols is 1. The number of hydrogen-bond acceptors (Lipinski definition) is 4. The third-order valence-corrected chi connectivity index (χ3v) is 3.21. The first-order valence-electron chi connectivity index (χ1n) is 5.94. The van der Waals surface area contributed by atoms with Crippen LogP contribution >= 0.6 is 0 Å². The number of methoxy groups -OCH3 is 2. The van der Waals surface area contributed by atoms with Gasteiger partial charge in [0.1, 0.15) is 17.2 Å². The molecule has 1 heterocycles. The standard InChI is InChI=1S/C13H19NO3/c1-16-9-7-11(15)13(12(8-9)17-2)10-5-3-4-6-14-10/h7-8,10,14-15H,3-6H2,1-2H3/t10-/m0/s1. The number of piperidine rings is 1. The topological polar surface area (TPSA) is 50.7 Å². The molecule has 2 N–H and O–H groups in total. The van der Waals surface area contributed by atoms with Gasteiger partial charge in [-0.3, -0.25) is 0 Å². The Balaban J connectivity index is 2.36. The van der Waals surface area contributed by atoms with E-state index < -0.39 is 0 Å². The van der Waals surface area contributed by atoms with E-state index >= 15 is 0 Å². The van der Waals surface area contributed by atoms with Gasteiger partial charge in [0, 0.05) is 18.2 Å². The monoisotopic (exact) mass is 237 g/mol. The summed E-state index contributed by atoms with van der Waals surface area (Å²) in [6.07, 6.45) is 3.39. The van der Waals surface area contributed by atoms with Crippen molar-refractivity contribution in [2.45, 2.75) is 25.3 Å². The Kier molecular flexibility index (Phi) is 3.74. The Bertz CT molecular complexity index is 386. The van der Waals surface area contributed by atoms with Crippen molar-refractivity contribution in [1.82, 2.24) is 5.32 Å². The maximum Gasteiger partial charge on any atom is 0.131 e. The summed E-state index contributed by atoms with van der Waals surface area (Å²) < 4.78 is 10.5. The van der Waals surface area contributed by atoms with Crippen LogP contribution < -0.4 is 14.8 Å². The Morgan fingerprint density at radius 1 is 1.24 bits per heavy atom. The molecule has 1 aromatic rings. The summed E-state index contributed by atoms with van der Waals surface area (Å²) in [6.45, 7) is 0.985. The third-order valence-electron chi connectivity index (χ3n) is 3.21. The van der Waals surface area contributed by atoms with E-state index in [4.69, 9.17) is 9.47 Å². The van der Waals surface area contributed by atoms with E-state index in [-0.39, 0.29) is 11.8 Å². The van der Waals surface area contributed by atoms with Gasteiger partial charge in [-0.1, -0.05) is 6.42 Å². The summed E-state index contributed by atoms with van der Waals surface area (Å²) in [4.78, 5) is 0. The number of phenolic OH excluding ortho intramolecular Hbond substituents is 1. The number of ether oxygens (including phenoxy) is 2. The number of hydrogen-bond donors (Lipinski definition) is 2. The van der Waals surface area contributed by atoms with Gasteiger partial charge < -0.3 is 19.9 Å². The molecule has 1 saturated heterocycles. The van der Waals surface area contributed by atoms with Gasteiger partial charge in [-0.2, -0.15) is 0 Å². The van der Waals surface area contributed by atoms with Crippen molar-refractivity contribution in [2.24, 2.45) is 0 Å². The molecule has 17 heavy (non-hydrogen) atoms. The summed E-state index contributed by atoms with van der Waals surface area (Å²) in [7, 11) is 3.19. The van der Waals surface area contributed by atoms with E-state index in [1.807, 2.05) is 6.07 Å². The highest BCUT2D eigenvalue weighted by Gasteiger charge is 2.22. The van der Waals surface area contributed by atoms with E-state index in [0.717, 1.165) is 18.5 Å². The fraction of sp³-hybridized carbons (Fsp3) is 0.538. The van der Waals surface area contributed by atoms with Gasteiger partial charge in [-0.15, -0.1) is 0 Å². The first-order chi connectivity index (χ1) is 8.26. The number of benzene rings is 1. The Morgan fingerprint density at radius 2 is 2.06 bits per heavy atom. The van der Waals surface area contributed by atoms with E-state index in [0.29, 0.717) is 11.5 Å². The normalized spacial score (nSPS) is 20.0. The minimum atomic E-state index is 0.171. The Labute approximate surface area is 102 Å². The van der Waals surface area contributed by atoms with Gasteiger partial charge in [-0.05, 0) is 19.4 Å². The van der Waals surface area contributed by atoms with Crippen LogP contribution in [-0.4, -0.2) is 25.9 Å². The maximum absolute atomic E-state index is 10.1. The molecule has 1 aliphatic heterocycles. The van der Waals surface area contributed by atoms with Crippen molar-refractivity contribution in [2.75, 3.05) is 20.8 Å². The van der Waals surface area contributed by atoms with E-state index in [1.54, 1.807) is 20.3 Å². The molecule has 0 spiro atoms. The minimum Gasteiger partial charge on any atom is -0.507 e. The molecule has 0 bridgehead atoms. The molecular weight excluding hydrogens is 218 g/mol. The molecule has 0 saturated carbocycles. The van der Waals surface area contributed by atoms with Crippen LogP contribution in [0.15, 0.2) is 12.1 Å². The van der Waals surface area contributed by atoms with Crippen LogP contribution in [0.2, 0.25) is 0 Å². The average molecular weight is 237 g/mol. The van der Waals surface area contributed by atoms with Crippen LogP contribution in [0.25, 0.3) is 0 Å². The van der Waals surface area contributed by atoms with Crippen LogP contribution in [0.4, 0.5) is 0 Å². The van der Waals surface area contributed by atoms with Crippen molar-refractivity contribution < 1.29 is 14.6 Å². The second-order valence-electron chi connectivity index (χ2n) is 4.26. The fourth-order valence-corrected chi connectivity index (χ4v) is 2.32. The van der Waals surface area contributed by atoms with Crippen LogP contribution in [0.1, 0.15) is 30.9 Å². The summed E-state index contributed by atoms with van der Waals surface area (Å²) in [5, 5.41) is 13.5. The predicted octanol–water partition coefficient (Wildman–Crippen LogP) is 2.22. The van der Waals surface area contributed by atoms with Crippen LogP contribution in [0.3, 0.4) is 0 Å². The van der Waals surface area contributed by atoms with E-state index in [9.17, 15) is 5.11 Å². The lowest BCUT2D eigenvalue weighted by molar-refractivity contribution is 0.349. The lowest BCUT2D eigenvalue weighted by Gasteiger charge is -2.26. The molecule has 1 atom stereocenters. The van der Waals surface area contributed by atoms with Gasteiger partial charge in [0.25, 0.3) is 0 Å². The summed E-state index contributed by atoms with van der Waals surface area (Å²) >= 11 is 0. The average Bonchev–Trinajstić information content (AvgIpc) is 2.38. The molecule has 1 aromatic carbocycles. The molecule has 0 amide bonds. The zero-order valence-electron chi connectivity index (χ0n) is 10.3. The zero-order valence-corrected chi connectivity index (χ0v) is 10.3. The highest BCUT2D eigenvalue weighted by molar-refractivity contribution is 5.51. The number of aromatic hydroxyl groups is 1. The molecule has 1 fully saturated rings. The third kappa shape index (κ3) is 2.47. The van der Waals surface area contributed by atoms with Gasteiger partial charge in [-0.25, -0.2) is 0 Å².